The van der Waals surface area contributed by atoms with Crippen LogP contribution in [0.25, 0.3) is 0 Å². The lowest BCUT2D eigenvalue weighted by Gasteiger charge is -2.39. The van der Waals surface area contributed by atoms with E-state index in [-0.39, 0.29) is 27.8 Å². The lowest BCUT2D eigenvalue weighted by molar-refractivity contribution is 0.142. The normalized spacial score (nSPS) is 32.5. The van der Waals surface area contributed by atoms with Crippen LogP contribution in [-0.2, 0) is 9.84 Å². The Morgan fingerprint density at radius 3 is 2.58 bits per heavy atom. The van der Waals surface area contributed by atoms with Crippen LogP contribution in [0.2, 0.25) is 5.02 Å². The highest BCUT2D eigenvalue weighted by molar-refractivity contribution is 7.93. The monoisotopic (exact) mass is 489 g/mol. The Kier molecular flexibility index (Phi) is 6.08. The molecule has 7 nitrogen and oxygen atoms in total. The van der Waals surface area contributed by atoms with Crippen molar-refractivity contribution in [3.05, 3.63) is 52.3 Å². The summed E-state index contributed by atoms with van der Waals surface area (Å²) in [7, 11) is -4.15. The second-order valence-electron chi connectivity index (χ2n) is 8.09. The number of hydrogen-bond acceptors (Lipinski definition) is 5. The molecule has 0 radical (unpaired) electrons. The van der Waals surface area contributed by atoms with E-state index in [0.717, 1.165) is 25.0 Å². The molecule has 0 aromatic heterocycles. The molecule has 4 rings (SSSR count). The van der Waals surface area contributed by atoms with Gasteiger partial charge in [-0.3, -0.25) is 0 Å². The number of anilines is 1. The van der Waals surface area contributed by atoms with E-state index >= 15 is 0 Å². The van der Waals surface area contributed by atoms with Crippen molar-refractivity contribution in [2.45, 2.75) is 54.0 Å². The molecule has 2 saturated heterocycles. The highest BCUT2D eigenvalue weighted by Crippen LogP contribution is 2.38. The predicted molar refractivity (Wildman–Crippen MR) is 117 cm³/mol. The molecule has 1 aromatic carbocycles. The van der Waals surface area contributed by atoms with Crippen LogP contribution in [0, 0.1) is 5.82 Å². The Hall–Kier alpha value is -1.65. The molecule has 0 spiro atoms. The average Bonchev–Trinajstić information content (AvgIpc) is 3.05. The quantitative estimate of drug-likeness (QED) is 0.519. The van der Waals surface area contributed by atoms with E-state index in [9.17, 15) is 22.7 Å². The summed E-state index contributed by atoms with van der Waals surface area (Å²) in [6, 6.07) is 1.92. The van der Waals surface area contributed by atoms with Gasteiger partial charge in [-0.2, -0.15) is 0 Å². The van der Waals surface area contributed by atoms with Gasteiger partial charge in [-0.15, -0.1) is 0 Å². The SMILES string of the molecule is O=C(Nc1cccc(F)c1Cl)NC1C=CC(Cl)=CC1(O)S(=O)(=O)C1C[C@H]2CC[C@@H](C1)N2. The number of piperidine rings is 1. The highest BCUT2D eigenvalue weighted by atomic mass is 35.5. The number of carbonyl (C=O) groups is 1. The van der Waals surface area contributed by atoms with Crippen molar-refractivity contribution >= 4 is 44.8 Å². The summed E-state index contributed by atoms with van der Waals surface area (Å²) in [5, 5.41) is 18.5. The number of benzene rings is 1. The number of sulfone groups is 1. The molecule has 1 aliphatic carbocycles. The molecule has 4 N–H and O–H groups in total. The third kappa shape index (κ3) is 4.21. The van der Waals surface area contributed by atoms with Crippen LogP contribution in [0.5, 0.6) is 0 Å². The van der Waals surface area contributed by atoms with Gasteiger partial charge in [-0.1, -0.05) is 35.3 Å². The number of amides is 2. The van der Waals surface area contributed by atoms with Gasteiger partial charge < -0.3 is 21.1 Å². The predicted octanol–water partition coefficient (Wildman–Crippen LogP) is 3.05. The van der Waals surface area contributed by atoms with Gasteiger partial charge in [0.15, 0.2) is 9.84 Å². The van der Waals surface area contributed by atoms with E-state index in [1.807, 2.05) is 0 Å². The molecule has 3 aliphatic rings. The highest BCUT2D eigenvalue weighted by Gasteiger charge is 2.54. The maximum atomic E-state index is 13.6. The van der Waals surface area contributed by atoms with E-state index in [4.69, 9.17) is 23.2 Å². The van der Waals surface area contributed by atoms with Gasteiger partial charge in [0.25, 0.3) is 0 Å². The summed E-state index contributed by atoms with van der Waals surface area (Å²) in [5.74, 6) is -0.716. The molecule has 11 heteroatoms. The molecule has 2 aliphatic heterocycles. The fourth-order valence-electron chi connectivity index (χ4n) is 4.50. The first-order valence-electron chi connectivity index (χ1n) is 9.90. The second-order valence-corrected chi connectivity index (χ2v) is 11.3. The van der Waals surface area contributed by atoms with Crippen molar-refractivity contribution in [3.63, 3.8) is 0 Å². The maximum absolute atomic E-state index is 13.6. The first-order chi connectivity index (χ1) is 14.6. The standard InChI is InChI=1S/C20H22Cl2FN3O4S/c21-11-4-7-17(26-19(27)25-16-3-1-2-15(23)18(16)22)20(28,10-11)31(29,30)14-8-12-5-6-13(9-14)24-12/h1-4,7,10,12-14,17,24,28H,5-6,8-9H2,(H2,25,26,27)/t12-,13+,14?,17?,20?. The summed E-state index contributed by atoms with van der Waals surface area (Å²) in [6.07, 6.45) is 6.32. The zero-order chi connectivity index (χ0) is 22.4. The summed E-state index contributed by atoms with van der Waals surface area (Å²) in [6.45, 7) is 0. The van der Waals surface area contributed by atoms with Crippen molar-refractivity contribution in [1.29, 1.82) is 0 Å². The molecule has 2 fully saturated rings. The summed E-state index contributed by atoms with van der Waals surface area (Å²) < 4.78 is 40.7. The molecule has 2 heterocycles. The Labute approximate surface area is 189 Å². The van der Waals surface area contributed by atoms with Gasteiger partial charge in [-0.05, 0) is 50.0 Å². The molecule has 2 bridgehead atoms. The number of halogens is 3. The first kappa shape index (κ1) is 22.5. The van der Waals surface area contributed by atoms with Crippen LogP contribution in [0.3, 0.4) is 0 Å². The van der Waals surface area contributed by atoms with Gasteiger partial charge in [-0.25, -0.2) is 17.6 Å². The Balaban J connectivity index is 1.57. The minimum atomic E-state index is -4.15. The van der Waals surface area contributed by atoms with Crippen molar-refractivity contribution in [3.8, 4) is 0 Å². The molecule has 168 valence electrons. The number of hydrogen-bond donors (Lipinski definition) is 4. The molecule has 0 saturated carbocycles. The minimum absolute atomic E-state index is 0.00820. The Morgan fingerprint density at radius 1 is 1.23 bits per heavy atom. The van der Waals surface area contributed by atoms with Crippen molar-refractivity contribution in [1.82, 2.24) is 10.6 Å². The smallest absolute Gasteiger partial charge is 0.319 e. The minimum Gasteiger partial charge on any atom is -0.369 e. The maximum Gasteiger partial charge on any atom is 0.319 e. The number of carbonyl (C=O) groups excluding carboxylic acids is 1. The molecular formula is C20H22Cl2FN3O4S. The number of urea groups is 1. The third-order valence-corrected chi connectivity index (χ3v) is 9.21. The Morgan fingerprint density at radius 2 is 1.90 bits per heavy atom. The fourth-order valence-corrected chi connectivity index (χ4v) is 7.26. The van der Waals surface area contributed by atoms with Crippen LogP contribution in [0.4, 0.5) is 14.9 Å². The number of allylic oxidation sites excluding steroid dienone is 2. The summed E-state index contributed by atoms with van der Waals surface area (Å²) in [5.41, 5.74) is 0.00820. The number of fused-ring (bicyclic) bond motifs is 2. The molecule has 5 atom stereocenters. The number of nitrogens with one attached hydrogen (secondary N) is 3. The zero-order valence-electron chi connectivity index (χ0n) is 16.3. The van der Waals surface area contributed by atoms with E-state index in [1.165, 1.54) is 24.3 Å². The van der Waals surface area contributed by atoms with E-state index < -0.39 is 37.9 Å². The van der Waals surface area contributed by atoms with Crippen LogP contribution >= 0.6 is 23.2 Å². The van der Waals surface area contributed by atoms with Crippen LogP contribution in [0.15, 0.2) is 41.5 Å². The molecular weight excluding hydrogens is 468 g/mol. The van der Waals surface area contributed by atoms with Crippen molar-refractivity contribution in [2.75, 3.05) is 5.32 Å². The van der Waals surface area contributed by atoms with Gasteiger partial charge in [0, 0.05) is 17.1 Å². The molecule has 31 heavy (non-hydrogen) atoms. The summed E-state index contributed by atoms with van der Waals surface area (Å²) in [4.78, 5) is 10.1. The van der Waals surface area contributed by atoms with Gasteiger partial charge in [0.1, 0.15) is 5.82 Å². The molecule has 2 amide bonds. The summed E-state index contributed by atoms with van der Waals surface area (Å²) >= 11 is 11.9. The lowest BCUT2D eigenvalue weighted by Crippen LogP contribution is -2.60. The van der Waals surface area contributed by atoms with E-state index in [2.05, 4.69) is 16.0 Å². The average molecular weight is 490 g/mol. The van der Waals surface area contributed by atoms with Crippen molar-refractivity contribution in [2.24, 2.45) is 0 Å². The molecule has 3 unspecified atom stereocenters. The second kappa shape index (κ2) is 8.37. The van der Waals surface area contributed by atoms with Crippen molar-refractivity contribution < 1.29 is 22.7 Å². The van der Waals surface area contributed by atoms with Crippen LogP contribution in [0.1, 0.15) is 25.7 Å². The molecule has 1 aromatic rings. The van der Waals surface area contributed by atoms with E-state index in [0.29, 0.717) is 12.8 Å². The first-order valence-corrected chi connectivity index (χ1v) is 12.2. The zero-order valence-corrected chi connectivity index (χ0v) is 18.6. The van der Waals surface area contributed by atoms with Gasteiger partial charge in [0.05, 0.1) is 22.0 Å². The number of aliphatic hydroxyl groups is 1. The largest absolute Gasteiger partial charge is 0.369 e. The van der Waals surface area contributed by atoms with Gasteiger partial charge >= 0.3 is 6.03 Å². The van der Waals surface area contributed by atoms with Crippen LogP contribution < -0.4 is 16.0 Å². The van der Waals surface area contributed by atoms with Gasteiger partial charge in [0.2, 0.25) is 4.93 Å². The lowest BCUT2D eigenvalue weighted by atomic mass is 10.0. The van der Waals surface area contributed by atoms with E-state index in [1.54, 1.807) is 0 Å². The topological polar surface area (TPSA) is 108 Å². The fraction of sp³-hybridized carbons (Fsp3) is 0.450. The Bertz CT molecular complexity index is 1050. The van der Waals surface area contributed by atoms with Crippen LogP contribution in [-0.4, -0.2) is 47.9 Å². The third-order valence-electron chi connectivity index (χ3n) is 6.05. The number of rotatable bonds is 4.